The van der Waals surface area contributed by atoms with Crippen LogP contribution in [0.15, 0.2) is 48.7 Å². The SMILES string of the molecule is CCCc1cc(NCCCCc2ccccc2)ccn1. The second-order valence-electron chi connectivity index (χ2n) is 5.16. The van der Waals surface area contributed by atoms with Crippen molar-refractivity contribution in [2.75, 3.05) is 11.9 Å². The van der Waals surface area contributed by atoms with Crippen LogP contribution in [0.2, 0.25) is 0 Å². The predicted octanol–water partition coefficient (Wildman–Crippen LogP) is 4.47. The number of hydrogen-bond acceptors (Lipinski definition) is 2. The number of unbranched alkanes of at least 4 members (excludes halogenated alkanes) is 1. The summed E-state index contributed by atoms with van der Waals surface area (Å²) in [5, 5.41) is 3.49. The highest BCUT2D eigenvalue weighted by molar-refractivity contribution is 5.43. The molecule has 2 rings (SSSR count). The van der Waals surface area contributed by atoms with Gasteiger partial charge in [-0.3, -0.25) is 4.98 Å². The molecule has 1 heterocycles. The average molecular weight is 268 g/mol. The smallest absolute Gasteiger partial charge is 0.0424 e. The number of aromatic nitrogens is 1. The Morgan fingerprint density at radius 3 is 2.65 bits per heavy atom. The lowest BCUT2D eigenvalue weighted by Crippen LogP contribution is -2.03. The molecule has 1 aromatic heterocycles. The largest absolute Gasteiger partial charge is 0.385 e. The summed E-state index contributed by atoms with van der Waals surface area (Å²) in [4.78, 5) is 4.37. The van der Waals surface area contributed by atoms with Crippen LogP contribution in [-0.4, -0.2) is 11.5 Å². The Morgan fingerprint density at radius 1 is 1.00 bits per heavy atom. The topological polar surface area (TPSA) is 24.9 Å². The lowest BCUT2D eigenvalue weighted by Gasteiger charge is -2.07. The molecule has 106 valence electrons. The maximum Gasteiger partial charge on any atom is 0.0424 e. The fourth-order valence-corrected chi connectivity index (χ4v) is 2.31. The third-order valence-corrected chi connectivity index (χ3v) is 3.39. The monoisotopic (exact) mass is 268 g/mol. The normalized spacial score (nSPS) is 10.4. The van der Waals surface area contributed by atoms with Gasteiger partial charge < -0.3 is 5.32 Å². The van der Waals surface area contributed by atoms with E-state index in [0.717, 1.165) is 19.4 Å². The van der Waals surface area contributed by atoms with Crippen molar-refractivity contribution in [3.63, 3.8) is 0 Å². The first kappa shape index (κ1) is 14.6. The van der Waals surface area contributed by atoms with Crippen molar-refractivity contribution in [2.24, 2.45) is 0 Å². The van der Waals surface area contributed by atoms with Crippen molar-refractivity contribution in [1.82, 2.24) is 4.98 Å². The van der Waals surface area contributed by atoms with E-state index in [1.165, 1.54) is 36.2 Å². The van der Waals surface area contributed by atoms with Crippen LogP contribution in [0.5, 0.6) is 0 Å². The molecule has 0 atom stereocenters. The maximum atomic E-state index is 4.37. The molecule has 0 saturated heterocycles. The predicted molar refractivity (Wildman–Crippen MR) is 86.1 cm³/mol. The third-order valence-electron chi connectivity index (χ3n) is 3.39. The van der Waals surface area contributed by atoms with Gasteiger partial charge in [-0.15, -0.1) is 0 Å². The highest BCUT2D eigenvalue weighted by atomic mass is 14.9. The molecule has 0 fully saturated rings. The summed E-state index contributed by atoms with van der Waals surface area (Å²) in [6.07, 6.45) is 7.69. The number of anilines is 1. The van der Waals surface area contributed by atoms with Gasteiger partial charge in [-0.1, -0.05) is 43.7 Å². The highest BCUT2D eigenvalue weighted by Gasteiger charge is 1.97. The van der Waals surface area contributed by atoms with Gasteiger partial charge in [0.2, 0.25) is 0 Å². The van der Waals surface area contributed by atoms with Crippen LogP contribution >= 0.6 is 0 Å². The van der Waals surface area contributed by atoms with Gasteiger partial charge in [0, 0.05) is 24.1 Å². The molecule has 2 heteroatoms. The van der Waals surface area contributed by atoms with Gasteiger partial charge in [-0.25, -0.2) is 0 Å². The second kappa shape index (κ2) is 8.36. The van der Waals surface area contributed by atoms with Gasteiger partial charge >= 0.3 is 0 Å². The Balaban J connectivity index is 1.67. The minimum absolute atomic E-state index is 1.03. The molecular formula is C18H24N2. The Hall–Kier alpha value is -1.83. The molecule has 0 unspecified atom stereocenters. The summed E-state index contributed by atoms with van der Waals surface area (Å²) in [5.41, 5.74) is 3.81. The van der Waals surface area contributed by atoms with Crippen molar-refractivity contribution in [1.29, 1.82) is 0 Å². The minimum Gasteiger partial charge on any atom is -0.385 e. The number of aryl methyl sites for hydroxylation is 2. The fourth-order valence-electron chi connectivity index (χ4n) is 2.31. The Morgan fingerprint density at radius 2 is 1.85 bits per heavy atom. The summed E-state index contributed by atoms with van der Waals surface area (Å²) >= 11 is 0. The van der Waals surface area contributed by atoms with E-state index in [4.69, 9.17) is 0 Å². The zero-order valence-electron chi connectivity index (χ0n) is 12.3. The van der Waals surface area contributed by atoms with Crippen molar-refractivity contribution in [3.05, 3.63) is 59.9 Å². The molecule has 0 aliphatic rings. The van der Waals surface area contributed by atoms with E-state index >= 15 is 0 Å². The average Bonchev–Trinajstić information content (AvgIpc) is 2.49. The summed E-state index contributed by atoms with van der Waals surface area (Å²) in [5.74, 6) is 0. The molecular weight excluding hydrogens is 244 g/mol. The molecule has 1 aromatic carbocycles. The third kappa shape index (κ3) is 5.04. The van der Waals surface area contributed by atoms with E-state index in [-0.39, 0.29) is 0 Å². The molecule has 2 aromatic rings. The van der Waals surface area contributed by atoms with Crippen LogP contribution in [0, 0.1) is 0 Å². The van der Waals surface area contributed by atoms with E-state index in [1.54, 1.807) is 0 Å². The number of nitrogens with zero attached hydrogens (tertiary/aromatic N) is 1. The van der Waals surface area contributed by atoms with Gasteiger partial charge in [0.15, 0.2) is 0 Å². The zero-order valence-corrected chi connectivity index (χ0v) is 12.3. The molecule has 1 N–H and O–H groups in total. The van der Waals surface area contributed by atoms with E-state index in [9.17, 15) is 0 Å². The van der Waals surface area contributed by atoms with Crippen LogP contribution in [-0.2, 0) is 12.8 Å². The molecule has 0 saturated carbocycles. The first-order chi connectivity index (χ1) is 9.88. The first-order valence-corrected chi connectivity index (χ1v) is 7.61. The summed E-state index contributed by atoms with van der Waals surface area (Å²) in [6, 6.07) is 14.9. The van der Waals surface area contributed by atoms with Gasteiger partial charge in [-0.2, -0.15) is 0 Å². The number of rotatable bonds is 8. The molecule has 0 bridgehead atoms. The van der Waals surface area contributed by atoms with Crippen LogP contribution in [0.25, 0.3) is 0 Å². The van der Waals surface area contributed by atoms with E-state index < -0.39 is 0 Å². The summed E-state index contributed by atoms with van der Waals surface area (Å²) in [7, 11) is 0. The molecule has 20 heavy (non-hydrogen) atoms. The second-order valence-corrected chi connectivity index (χ2v) is 5.16. The van der Waals surface area contributed by atoms with E-state index in [0.29, 0.717) is 0 Å². The summed E-state index contributed by atoms with van der Waals surface area (Å²) in [6.45, 7) is 3.22. The lowest BCUT2D eigenvalue weighted by molar-refractivity contribution is 0.763. The highest BCUT2D eigenvalue weighted by Crippen LogP contribution is 2.10. The quantitative estimate of drug-likeness (QED) is 0.715. The zero-order chi connectivity index (χ0) is 14.0. The molecule has 0 spiro atoms. The van der Waals surface area contributed by atoms with Gasteiger partial charge in [0.25, 0.3) is 0 Å². The van der Waals surface area contributed by atoms with Gasteiger partial charge in [0.05, 0.1) is 0 Å². The Bertz CT molecular complexity index is 494. The van der Waals surface area contributed by atoms with Crippen molar-refractivity contribution < 1.29 is 0 Å². The number of benzene rings is 1. The molecule has 0 aliphatic carbocycles. The lowest BCUT2D eigenvalue weighted by atomic mass is 10.1. The number of nitrogens with one attached hydrogen (secondary N) is 1. The summed E-state index contributed by atoms with van der Waals surface area (Å²) < 4.78 is 0. The standard InChI is InChI=1S/C18H24N2/c1-2-8-17-15-18(12-14-20-17)19-13-7-6-11-16-9-4-3-5-10-16/h3-5,9-10,12,14-15H,2,6-8,11,13H2,1H3,(H,19,20). The molecule has 0 radical (unpaired) electrons. The Kier molecular flexibility index (Phi) is 6.09. The van der Waals surface area contributed by atoms with Gasteiger partial charge in [0.1, 0.15) is 0 Å². The first-order valence-electron chi connectivity index (χ1n) is 7.61. The molecule has 0 amide bonds. The maximum absolute atomic E-state index is 4.37. The van der Waals surface area contributed by atoms with Crippen LogP contribution in [0.4, 0.5) is 5.69 Å². The minimum atomic E-state index is 1.03. The number of hydrogen-bond donors (Lipinski definition) is 1. The van der Waals surface area contributed by atoms with Crippen LogP contribution in [0.1, 0.15) is 37.4 Å². The fraction of sp³-hybridized carbons (Fsp3) is 0.389. The van der Waals surface area contributed by atoms with Crippen molar-refractivity contribution >= 4 is 5.69 Å². The Labute approximate surface area is 122 Å². The molecule has 0 aliphatic heterocycles. The number of pyridine rings is 1. The molecule has 2 nitrogen and oxygen atoms in total. The van der Waals surface area contributed by atoms with Crippen LogP contribution < -0.4 is 5.32 Å². The van der Waals surface area contributed by atoms with Gasteiger partial charge in [-0.05, 0) is 43.4 Å². The van der Waals surface area contributed by atoms with Crippen LogP contribution in [0.3, 0.4) is 0 Å². The van der Waals surface area contributed by atoms with Crippen molar-refractivity contribution in [3.8, 4) is 0 Å². The van der Waals surface area contributed by atoms with E-state index in [2.05, 4.69) is 59.7 Å². The van der Waals surface area contributed by atoms with E-state index in [1.807, 2.05) is 6.20 Å². The van der Waals surface area contributed by atoms with Crippen molar-refractivity contribution in [2.45, 2.75) is 39.0 Å².